The maximum atomic E-state index is 9.33. The summed E-state index contributed by atoms with van der Waals surface area (Å²) in [6, 6.07) is 20.8. The molecule has 0 bridgehead atoms. The summed E-state index contributed by atoms with van der Waals surface area (Å²) in [7, 11) is 1.61. The number of furan rings is 1. The molecule has 1 heterocycles. The Kier molecular flexibility index (Phi) is 4.19. The van der Waals surface area contributed by atoms with Gasteiger partial charge in [0.1, 0.15) is 35.0 Å². The van der Waals surface area contributed by atoms with Gasteiger partial charge in [0.2, 0.25) is 0 Å². The van der Waals surface area contributed by atoms with Crippen LogP contribution in [0.15, 0.2) is 76.3 Å². The van der Waals surface area contributed by atoms with E-state index in [0.717, 1.165) is 33.3 Å². The average Bonchev–Trinajstić information content (AvgIpc) is 3.07. The van der Waals surface area contributed by atoms with Crippen LogP contribution in [0.5, 0.6) is 11.5 Å². The number of oxime groups is 1. The molecule has 0 unspecified atom stereocenters. The van der Waals surface area contributed by atoms with E-state index in [1.165, 1.54) is 0 Å². The van der Waals surface area contributed by atoms with Crippen LogP contribution in [0.1, 0.15) is 5.56 Å². The van der Waals surface area contributed by atoms with Crippen LogP contribution >= 0.6 is 0 Å². The second-order valence-corrected chi connectivity index (χ2v) is 5.82. The summed E-state index contributed by atoms with van der Waals surface area (Å²) in [4.78, 5) is 0. The molecule has 26 heavy (non-hydrogen) atoms. The highest BCUT2D eigenvalue weighted by atomic mass is 16.5. The Morgan fingerprint density at radius 1 is 0.923 bits per heavy atom. The molecular formula is C21H17NO4. The Labute approximate surface area is 150 Å². The van der Waals surface area contributed by atoms with Gasteiger partial charge in [0.05, 0.1) is 7.11 Å². The normalized spacial score (nSPS) is 11.8. The maximum absolute atomic E-state index is 9.33. The van der Waals surface area contributed by atoms with E-state index in [9.17, 15) is 5.21 Å². The van der Waals surface area contributed by atoms with Crippen molar-refractivity contribution in [3.05, 3.63) is 72.3 Å². The van der Waals surface area contributed by atoms with Crippen molar-refractivity contribution < 1.29 is 19.1 Å². The summed E-state index contributed by atoms with van der Waals surface area (Å²) in [5.41, 5.74) is 2.85. The van der Waals surface area contributed by atoms with Gasteiger partial charge in [-0.05, 0) is 48.5 Å². The zero-order valence-corrected chi connectivity index (χ0v) is 14.2. The van der Waals surface area contributed by atoms with E-state index in [2.05, 4.69) is 5.16 Å². The Morgan fingerprint density at radius 2 is 1.65 bits per heavy atom. The number of benzene rings is 3. The summed E-state index contributed by atoms with van der Waals surface area (Å²) in [6.45, 7) is 0.143. The van der Waals surface area contributed by atoms with Gasteiger partial charge in [-0.25, -0.2) is 0 Å². The van der Waals surface area contributed by atoms with Crippen molar-refractivity contribution in [2.24, 2.45) is 5.16 Å². The number of hydrogen-bond acceptors (Lipinski definition) is 5. The van der Waals surface area contributed by atoms with Crippen molar-refractivity contribution in [2.75, 3.05) is 13.7 Å². The summed E-state index contributed by atoms with van der Waals surface area (Å²) >= 11 is 0. The van der Waals surface area contributed by atoms with Crippen molar-refractivity contribution in [3.63, 3.8) is 0 Å². The lowest BCUT2D eigenvalue weighted by molar-refractivity contribution is 0.308. The van der Waals surface area contributed by atoms with Gasteiger partial charge in [0, 0.05) is 16.3 Å². The van der Waals surface area contributed by atoms with E-state index >= 15 is 0 Å². The third-order valence-corrected chi connectivity index (χ3v) is 4.27. The molecule has 4 rings (SSSR count). The molecule has 4 aromatic rings. The summed E-state index contributed by atoms with van der Waals surface area (Å²) < 4.78 is 16.8. The van der Waals surface area contributed by atoms with Crippen LogP contribution in [0, 0.1) is 0 Å². The summed E-state index contributed by atoms with van der Waals surface area (Å²) in [5.74, 6) is 1.42. The van der Waals surface area contributed by atoms with Crippen molar-refractivity contribution >= 4 is 27.7 Å². The molecule has 0 fully saturated rings. The van der Waals surface area contributed by atoms with Crippen molar-refractivity contribution in [2.45, 2.75) is 0 Å². The molecule has 3 aromatic carbocycles. The van der Waals surface area contributed by atoms with Crippen LogP contribution in [-0.4, -0.2) is 24.6 Å². The molecule has 130 valence electrons. The number of methoxy groups -OCH3 is 1. The lowest BCUT2D eigenvalue weighted by Gasteiger charge is -2.08. The molecule has 0 spiro atoms. The molecule has 0 saturated heterocycles. The number of fused-ring (bicyclic) bond motifs is 3. The highest BCUT2D eigenvalue weighted by Gasteiger charge is 2.10. The first-order valence-electron chi connectivity index (χ1n) is 8.18. The van der Waals surface area contributed by atoms with E-state index < -0.39 is 0 Å². The molecule has 0 aliphatic rings. The second kappa shape index (κ2) is 6.80. The lowest BCUT2D eigenvalue weighted by Crippen LogP contribution is -2.13. The van der Waals surface area contributed by atoms with Crippen molar-refractivity contribution in [1.82, 2.24) is 0 Å². The third-order valence-electron chi connectivity index (χ3n) is 4.27. The first kappa shape index (κ1) is 16.0. The minimum atomic E-state index is 0.143. The third kappa shape index (κ3) is 2.95. The second-order valence-electron chi connectivity index (χ2n) is 5.82. The number of nitrogens with zero attached hydrogens (tertiary/aromatic N) is 1. The van der Waals surface area contributed by atoms with Gasteiger partial charge in [-0.2, -0.15) is 0 Å². The van der Waals surface area contributed by atoms with E-state index in [-0.39, 0.29) is 6.61 Å². The van der Waals surface area contributed by atoms with Crippen LogP contribution < -0.4 is 9.47 Å². The van der Waals surface area contributed by atoms with Crippen LogP contribution in [0.4, 0.5) is 0 Å². The fourth-order valence-electron chi connectivity index (χ4n) is 2.90. The lowest BCUT2D eigenvalue weighted by atomic mass is 10.1. The Balaban J connectivity index is 1.57. The van der Waals surface area contributed by atoms with Crippen molar-refractivity contribution in [1.29, 1.82) is 0 Å². The quantitative estimate of drug-likeness (QED) is 0.318. The Bertz CT molecular complexity index is 1080. The molecule has 0 amide bonds. The highest BCUT2D eigenvalue weighted by Crippen LogP contribution is 2.31. The number of hydrogen-bond donors (Lipinski definition) is 1. The molecule has 5 heteroatoms. The minimum Gasteiger partial charge on any atom is -0.497 e. The van der Waals surface area contributed by atoms with Gasteiger partial charge in [0.25, 0.3) is 0 Å². The molecule has 0 aliphatic carbocycles. The van der Waals surface area contributed by atoms with Crippen LogP contribution in [-0.2, 0) is 0 Å². The standard InChI is InChI=1S/C21H17NO4/c1-24-15-8-6-14(7-9-15)19(22-23)13-25-16-10-11-21-18(12-16)17-4-2-3-5-20(17)26-21/h2-12,23H,13H2,1H3/b22-19-. The molecule has 0 atom stereocenters. The Morgan fingerprint density at radius 3 is 2.42 bits per heavy atom. The summed E-state index contributed by atoms with van der Waals surface area (Å²) in [5, 5.41) is 14.7. The van der Waals surface area contributed by atoms with Gasteiger partial charge in [-0.15, -0.1) is 0 Å². The smallest absolute Gasteiger partial charge is 0.135 e. The zero-order valence-electron chi connectivity index (χ0n) is 14.2. The molecule has 0 aliphatic heterocycles. The predicted molar refractivity (Wildman–Crippen MR) is 101 cm³/mol. The largest absolute Gasteiger partial charge is 0.497 e. The van der Waals surface area contributed by atoms with Gasteiger partial charge < -0.3 is 19.1 Å². The average molecular weight is 347 g/mol. The zero-order chi connectivity index (χ0) is 17.9. The molecule has 5 nitrogen and oxygen atoms in total. The SMILES string of the molecule is COc1ccc(/C(COc2ccc3oc4ccccc4c3c2)=N\O)cc1. The fraction of sp³-hybridized carbons (Fsp3) is 0.0952. The van der Waals surface area contributed by atoms with Crippen LogP contribution in [0.3, 0.4) is 0 Å². The maximum Gasteiger partial charge on any atom is 0.135 e. The van der Waals surface area contributed by atoms with Gasteiger partial charge in [0.15, 0.2) is 0 Å². The predicted octanol–water partition coefficient (Wildman–Crippen LogP) is 4.85. The molecular weight excluding hydrogens is 330 g/mol. The van der Waals surface area contributed by atoms with E-state index in [4.69, 9.17) is 13.9 Å². The minimum absolute atomic E-state index is 0.143. The van der Waals surface area contributed by atoms with Crippen LogP contribution in [0.25, 0.3) is 21.9 Å². The molecule has 0 saturated carbocycles. The van der Waals surface area contributed by atoms with Crippen LogP contribution in [0.2, 0.25) is 0 Å². The highest BCUT2D eigenvalue weighted by molar-refractivity contribution is 6.05. The molecule has 1 N–H and O–H groups in total. The van der Waals surface area contributed by atoms with Gasteiger partial charge >= 0.3 is 0 Å². The fourth-order valence-corrected chi connectivity index (χ4v) is 2.90. The van der Waals surface area contributed by atoms with E-state index in [0.29, 0.717) is 11.5 Å². The van der Waals surface area contributed by atoms with Crippen molar-refractivity contribution in [3.8, 4) is 11.5 Å². The number of ether oxygens (including phenoxy) is 2. The summed E-state index contributed by atoms with van der Waals surface area (Å²) in [6.07, 6.45) is 0. The number of rotatable bonds is 5. The van der Waals surface area contributed by atoms with Gasteiger partial charge in [-0.1, -0.05) is 23.4 Å². The van der Waals surface area contributed by atoms with E-state index in [1.54, 1.807) is 7.11 Å². The first-order valence-corrected chi connectivity index (χ1v) is 8.18. The van der Waals surface area contributed by atoms with Gasteiger partial charge in [-0.3, -0.25) is 0 Å². The number of para-hydroxylation sites is 1. The molecule has 1 aromatic heterocycles. The topological polar surface area (TPSA) is 64.2 Å². The van der Waals surface area contributed by atoms with E-state index in [1.807, 2.05) is 66.7 Å². The first-order chi connectivity index (χ1) is 12.8. The monoisotopic (exact) mass is 347 g/mol. The molecule has 0 radical (unpaired) electrons. The Hall–Kier alpha value is -3.47.